The molecular formula is C12H15N3O4. The van der Waals surface area contributed by atoms with Crippen LogP contribution in [0.2, 0.25) is 0 Å². The number of anilines is 1. The summed E-state index contributed by atoms with van der Waals surface area (Å²) in [7, 11) is 1.43. The van der Waals surface area contributed by atoms with E-state index in [0.717, 1.165) is 12.8 Å². The summed E-state index contributed by atoms with van der Waals surface area (Å²) < 4.78 is 4.92. The Bertz CT molecular complexity index is 500. The van der Waals surface area contributed by atoms with E-state index in [-0.39, 0.29) is 23.8 Å². The van der Waals surface area contributed by atoms with Crippen LogP contribution in [0, 0.1) is 10.1 Å². The van der Waals surface area contributed by atoms with Crippen molar-refractivity contribution in [2.75, 3.05) is 19.0 Å². The van der Waals surface area contributed by atoms with Crippen LogP contribution in [0.25, 0.3) is 0 Å². The van der Waals surface area contributed by atoms with Gasteiger partial charge in [0.2, 0.25) is 5.91 Å². The Morgan fingerprint density at radius 1 is 1.53 bits per heavy atom. The molecule has 0 radical (unpaired) electrons. The fourth-order valence-corrected chi connectivity index (χ4v) is 1.61. The second-order valence-electron chi connectivity index (χ2n) is 4.34. The largest absolute Gasteiger partial charge is 0.496 e. The number of carbonyl (C=O) groups excluding carboxylic acids is 1. The van der Waals surface area contributed by atoms with Crippen molar-refractivity contribution in [1.29, 1.82) is 0 Å². The zero-order valence-electron chi connectivity index (χ0n) is 10.5. The van der Waals surface area contributed by atoms with Crippen LogP contribution in [-0.4, -0.2) is 30.5 Å². The molecule has 1 saturated carbocycles. The molecule has 0 bridgehead atoms. The summed E-state index contributed by atoms with van der Waals surface area (Å²) in [5.74, 6) is 0.0842. The first kappa shape index (κ1) is 13.3. The molecule has 19 heavy (non-hydrogen) atoms. The van der Waals surface area contributed by atoms with Gasteiger partial charge in [-0.05, 0) is 25.0 Å². The van der Waals surface area contributed by atoms with Crippen LogP contribution in [0.4, 0.5) is 11.4 Å². The summed E-state index contributed by atoms with van der Waals surface area (Å²) in [5, 5.41) is 16.5. The number of nitro groups is 1. The lowest BCUT2D eigenvalue weighted by atomic mass is 10.2. The van der Waals surface area contributed by atoms with Crippen molar-refractivity contribution in [3.05, 3.63) is 28.3 Å². The first-order valence-corrected chi connectivity index (χ1v) is 5.96. The highest BCUT2D eigenvalue weighted by molar-refractivity contribution is 5.94. The SMILES string of the molecule is COc1ccc(NC(=O)CNC2CC2)c([N+](=O)[O-])c1. The molecular weight excluding hydrogens is 250 g/mol. The fourth-order valence-electron chi connectivity index (χ4n) is 1.61. The van der Waals surface area contributed by atoms with E-state index in [1.165, 1.54) is 19.2 Å². The third kappa shape index (κ3) is 3.65. The van der Waals surface area contributed by atoms with Gasteiger partial charge in [-0.2, -0.15) is 0 Å². The molecule has 1 aromatic carbocycles. The molecule has 0 saturated heterocycles. The Morgan fingerprint density at radius 2 is 2.26 bits per heavy atom. The Morgan fingerprint density at radius 3 is 2.84 bits per heavy atom. The minimum absolute atomic E-state index is 0.161. The van der Waals surface area contributed by atoms with Crippen molar-refractivity contribution in [2.24, 2.45) is 0 Å². The van der Waals surface area contributed by atoms with Gasteiger partial charge in [0.05, 0.1) is 24.6 Å². The molecule has 0 heterocycles. The Balaban J connectivity index is 2.04. The van der Waals surface area contributed by atoms with Crippen molar-refractivity contribution >= 4 is 17.3 Å². The summed E-state index contributed by atoms with van der Waals surface area (Å²) >= 11 is 0. The van der Waals surface area contributed by atoms with Gasteiger partial charge in [-0.3, -0.25) is 14.9 Å². The standard InChI is InChI=1S/C12H15N3O4/c1-19-9-4-5-10(11(6-9)15(17)18)14-12(16)7-13-8-2-3-8/h4-6,8,13H,2-3,7H2,1H3,(H,14,16). The van der Waals surface area contributed by atoms with Crippen LogP contribution >= 0.6 is 0 Å². The molecule has 0 aliphatic heterocycles. The van der Waals surface area contributed by atoms with Crippen LogP contribution < -0.4 is 15.4 Å². The number of rotatable bonds is 6. The van der Waals surface area contributed by atoms with Gasteiger partial charge in [0.25, 0.3) is 5.69 Å². The second-order valence-corrected chi connectivity index (χ2v) is 4.34. The lowest BCUT2D eigenvalue weighted by Gasteiger charge is -2.08. The molecule has 1 aliphatic rings. The lowest BCUT2D eigenvalue weighted by Crippen LogP contribution is -2.29. The van der Waals surface area contributed by atoms with Crippen molar-refractivity contribution in [3.8, 4) is 5.75 Å². The van der Waals surface area contributed by atoms with E-state index in [4.69, 9.17) is 4.74 Å². The molecule has 7 nitrogen and oxygen atoms in total. The van der Waals surface area contributed by atoms with Gasteiger partial charge >= 0.3 is 0 Å². The number of hydrogen-bond acceptors (Lipinski definition) is 5. The molecule has 0 aromatic heterocycles. The number of methoxy groups -OCH3 is 1. The summed E-state index contributed by atoms with van der Waals surface area (Å²) in [6.07, 6.45) is 2.16. The van der Waals surface area contributed by atoms with Gasteiger partial charge in [0.1, 0.15) is 11.4 Å². The number of nitrogens with zero attached hydrogens (tertiary/aromatic N) is 1. The summed E-state index contributed by atoms with van der Waals surface area (Å²) in [6.45, 7) is 0.161. The molecule has 1 aliphatic carbocycles. The topological polar surface area (TPSA) is 93.5 Å². The van der Waals surface area contributed by atoms with E-state index < -0.39 is 4.92 Å². The summed E-state index contributed by atoms with van der Waals surface area (Å²) in [5.41, 5.74) is -0.00693. The lowest BCUT2D eigenvalue weighted by molar-refractivity contribution is -0.384. The molecule has 0 unspecified atom stereocenters. The van der Waals surface area contributed by atoms with E-state index in [9.17, 15) is 14.9 Å². The molecule has 1 fully saturated rings. The maximum atomic E-state index is 11.6. The third-order valence-electron chi connectivity index (χ3n) is 2.80. The molecule has 0 spiro atoms. The average molecular weight is 265 g/mol. The maximum Gasteiger partial charge on any atom is 0.296 e. The second kappa shape index (κ2) is 5.66. The Hall–Kier alpha value is -2.15. The molecule has 1 aromatic rings. The molecule has 102 valence electrons. The zero-order chi connectivity index (χ0) is 13.8. The zero-order valence-corrected chi connectivity index (χ0v) is 10.5. The molecule has 7 heteroatoms. The van der Waals surface area contributed by atoms with E-state index in [1.807, 2.05) is 0 Å². The van der Waals surface area contributed by atoms with E-state index >= 15 is 0 Å². The Kier molecular flexibility index (Phi) is 3.96. The third-order valence-corrected chi connectivity index (χ3v) is 2.80. The van der Waals surface area contributed by atoms with Gasteiger partial charge in [-0.25, -0.2) is 0 Å². The van der Waals surface area contributed by atoms with Crippen LogP contribution in [-0.2, 0) is 4.79 Å². The first-order valence-electron chi connectivity index (χ1n) is 5.96. The van der Waals surface area contributed by atoms with Crippen molar-refractivity contribution < 1.29 is 14.5 Å². The molecule has 2 rings (SSSR count). The highest BCUT2D eigenvalue weighted by Gasteiger charge is 2.22. The normalized spacial score (nSPS) is 13.9. The van der Waals surface area contributed by atoms with Gasteiger partial charge in [-0.1, -0.05) is 0 Å². The van der Waals surface area contributed by atoms with E-state index in [0.29, 0.717) is 11.8 Å². The monoisotopic (exact) mass is 265 g/mol. The average Bonchev–Trinajstić information content (AvgIpc) is 3.20. The van der Waals surface area contributed by atoms with Gasteiger partial charge in [-0.15, -0.1) is 0 Å². The van der Waals surface area contributed by atoms with Gasteiger partial charge in [0, 0.05) is 6.04 Å². The van der Waals surface area contributed by atoms with E-state index in [1.54, 1.807) is 6.07 Å². The van der Waals surface area contributed by atoms with Crippen molar-refractivity contribution in [3.63, 3.8) is 0 Å². The highest BCUT2D eigenvalue weighted by atomic mass is 16.6. The number of benzene rings is 1. The first-order chi connectivity index (χ1) is 9.10. The van der Waals surface area contributed by atoms with Crippen LogP contribution in [0.5, 0.6) is 5.75 Å². The number of hydrogen-bond donors (Lipinski definition) is 2. The van der Waals surface area contributed by atoms with Crippen molar-refractivity contribution in [2.45, 2.75) is 18.9 Å². The quantitative estimate of drug-likeness (QED) is 0.597. The number of nitrogens with one attached hydrogen (secondary N) is 2. The highest BCUT2D eigenvalue weighted by Crippen LogP contribution is 2.28. The minimum atomic E-state index is -0.549. The predicted molar refractivity (Wildman–Crippen MR) is 69.3 cm³/mol. The number of nitro benzene ring substituents is 1. The molecule has 2 N–H and O–H groups in total. The minimum Gasteiger partial charge on any atom is -0.496 e. The van der Waals surface area contributed by atoms with Crippen molar-refractivity contribution in [1.82, 2.24) is 5.32 Å². The van der Waals surface area contributed by atoms with Crippen LogP contribution in [0.3, 0.4) is 0 Å². The Labute approximate surface area is 110 Å². The number of amides is 1. The van der Waals surface area contributed by atoms with Crippen LogP contribution in [0.1, 0.15) is 12.8 Å². The van der Waals surface area contributed by atoms with Gasteiger partial charge in [0.15, 0.2) is 0 Å². The number of carbonyl (C=O) groups is 1. The summed E-state index contributed by atoms with van der Waals surface area (Å²) in [6, 6.07) is 4.73. The maximum absolute atomic E-state index is 11.6. The van der Waals surface area contributed by atoms with E-state index in [2.05, 4.69) is 10.6 Å². The number of ether oxygens (including phenoxy) is 1. The molecule has 0 atom stereocenters. The van der Waals surface area contributed by atoms with Crippen LogP contribution in [0.15, 0.2) is 18.2 Å². The van der Waals surface area contributed by atoms with Gasteiger partial charge < -0.3 is 15.4 Å². The summed E-state index contributed by atoms with van der Waals surface area (Å²) in [4.78, 5) is 22.0. The molecule has 1 amide bonds. The predicted octanol–water partition coefficient (Wildman–Crippen LogP) is 1.29. The smallest absolute Gasteiger partial charge is 0.296 e. The fraction of sp³-hybridized carbons (Fsp3) is 0.417.